The molecule has 0 aromatic carbocycles. The molecule has 2 aliphatic rings. The standard InChI is InChI=1S/C20H23N3O2S/c24-19-9-8-16(22-19)13-23(12-15-6-3-4-10-21-15)20(25)18-11-14-5-1-2-7-17(14)26-18/h3-4,6,10-11,16H,1-2,5,7-9,12-13H2,(H,22,24). The Morgan fingerprint density at radius 3 is 2.88 bits per heavy atom. The Hall–Kier alpha value is -2.21. The zero-order chi connectivity index (χ0) is 17.9. The van der Waals surface area contributed by atoms with Gasteiger partial charge in [0.15, 0.2) is 0 Å². The van der Waals surface area contributed by atoms with E-state index in [-0.39, 0.29) is 17.9 Å². The van der Waals surface area contributed by atoms with Gasteiger partial charge in [-0.1, -0.05) is 6.07 Å². The van der Waals surface area contributed by atoms with Crippen molar-refractivity contribution >= 4 is 23.2 Å². The van der Waals surface area contributed by atoms with Crippen LogP contribution in [-0.2, 0) is 24.2 Å². The van der Waals surface area contributed by atoms with E-state index in [1.165, 1.54) is 23.3 Å². The van der Waals surface area contributed by atoms with Crippen LogP contribution in [0.3, 0.4) is 0 Å². The number of amides is 2. The minimum absolute atomic E-state index is 0.0322. The van der Waals surface area contributed by atoms with Crippen LogP contribution in [0, 0.1) is 0 Å². The molecule has 0 spiro atoms. The van der Waals surface area contributed by atoms with E-state index >= 15 is 0 Å². The zero-order valence-corrected chi connectivity index (χ0v) is 15.6. The number of carbonyl (C=O) groups is 2. The normalized spacial score (nSPS) is 19.1. The first-order valence-corrected chi connectivity index (χ1v) is 10.1. The number of nitrogens with zero attached hydrogens (tertiary/aromatic N) is 2. The zero-order valence-electron chi connectivity index (χ0n) is 14.7. The minimum atomic E-state index is 0.0322. The number of hydrogen-bond acceptors (Lipinski definition) is 4. The van der Waals surface area contributed by atoms with Crippen LogP contribution in [0.4, 0.5) is 0 Å². The molecule has 26 heavy (non-hydrogen) atoms. The van der Waals surface area contributed by atoms with Crippen molar-refractivity contribution in [1.29, 1.82) is 0 Å². The number of fused-ring (bicyclic) bond motifs is 1. The van der Waals surface area contributed by atoms with E-state index in [9.17, 15) is 9.59 Å². The fourth-order valence-electron chi connectivity index (χ4n) is 3.74. The van der Waals surface area contributed by atoms with Crippen LogP contribution in [0.25, 0.3) is 0 Å². The van der Waals surface area contributed by atoms with Crippen LogP contribution in [0.2, 0.25) is 0 Å². The van der Waals surface area contributed by atoms with Gasteiger partial charge in [-0.3, -0.25) is 14.6 Å². The summed E-state index contributed by atoms with van der Waals surface area (Å²) in [6.45, 7) is 0.998. The predicted octanol–water partition coefficient (Wildman–Crippen LogP) is 2.94. The number of pyridine rings is 1. The highest BCUT2D eigenvalue weighted by molar-refractivity contribution is 7.14. The average Bonchev–Trinajstić information content (AvgIpc) is 3.27. The third-order valence-corrected chi connectivity index (χ3v) is 6.32. The number of aryl methyl sites for hydroxylation is 2. The Morgan fingerprint density at radius 2 is 2.15 bits per heavy atom. The number of aromatic nitrogens is 1. The molecule has 6 heteroatoms. The van der Waals surface area contributed by atoms with E-state index in [1.807, 2.05) is 23.1 Å². The van der Waals surface area contributed by atoms with Gasteiger partial charge in [-0.2, -0.15) is 0 Å². The van der Waals surface area contributed by atoms with Gasteiger partial charge in [-0.25, -0.2) is 0 Å². The van der Waals surface area contributed by atoms with Crippen molar-refractivity contribution in [3.05, 3.63) is 51.5 Å². The highest BCUT2D eigenvalue weighted by atomic mass is 32.1. The molecule has 1 N–H and O–H groups in total. The minimum Gasteiger partial charge on any atom is -0.352 e. The lowest BCUT2D eigenvalue weighted by Gasteiger charge is -2.25. The molecular weight excluding hydrogens is 346 g/mol. The quantitative estimate of drug-likeness (QED) is 0.881. The Labute approximate surface area is 157 Å². The van der Waals surface area contributed by atoms with Gasteiger partial charge in [0.2, 0.25) is 5.91 Å². The number of nitrogens with one attached hydrogen (secondary N) is 1. The molecule has 1 unspecified atom stereocenters. The summed E-state index contributed by atoms with van der Waals surface area (Å²) in [5.41, 5.74) is 2.21. The topological polar surface area (TPSA) is 62.3 Å². The molecule has 1 saturated heterocycles. The molecule has 1 atom stereocenters. The molecular formula is C20H23N3O2S. The maximum absolute atomic E-state index is 13.2. The monoisotopic (exact) mass is 369 g/mol. The van der Waals surface area contributed by atoms with Crippen LogP contribution < -0.4 is 5.32 Å². The van der Waals surface area contributed by atoms with E-state index in [0.717, 1.165) is 29.8 Å². The third kappa shape index (κ3) is 3.80. The smallest absolute Gasteiger partial charge is 0.264 e. The van der Waals surface area contributed by atoms with Crippen molar-refractivity contribution in [3.8, 4) is 0 Å². The maximum Gasteiger partial charge on any atom is 0.264 e. The summed E-state index contributed by atoms with van der Waals surface area (Å²) in [6.07, 6.45) is 7.68. The lowest BCUT2D eigenvalue weighted by molar-refractivity contribution is -0.119. The van der Waals surface area contributed by atoms with E-state index in [2.05, 4.69) is 16.4 Å². The highest BCUT2D eigenvalue weighted by Crippen LogP contribution is 2.30. The number of hydrogen-bond donors (Lipinski definition) is 1. The largest absolute Gasteiger partial charge is 0.352 e. The molecule has 0 saturated carbocycles. The van der Waals surface area contributed by atoms with Gasteiger partial charge >= 0.3 is 0 Å². The predicted molar refractivity (Wildman–Crippen MR) is 101 cm³/mol. The highest BCUT2D eigenvalue weighted by Gasteiger charge is 2.28. The van der Waals surface area contributed by atoms with Gasteiger partial charge < -0.3 is 10.2 Å². The SMILES string of the molecule is O=C1CCC(CN(Cc2ccccn2)C(=O)c2cc3c(s2)CCCC3)N1. The van der Waals surface area contributed by atoms with Crippen LogP contribution in [0.1, 0.15) is 51.5 Å². The molecule has 2 aromatic heterocycles. The van der Waals surface area contributed by atoms with Crippen molar-refractivity contribution < 1.29 is 9.59 Å². The van der Waals surface area contributed by atoms with Gasteiger partial charge in [0.25, 0.3) is 5.91 Å². The van der Waals surface area contributed by atoms with Gasteiger partial charge in [-0.05, 0) is 55.9 Å². The molecule has 0 bridgehead atoms. The van der Waals surface area contributed by atoms with Crippen molar-refractivity contribution in [1.82, 2.24) is 15.2 Å². The maximum atomic E-state index is 13.2. The molecule has 3 heterocycles. The first-order valence-electron chi connectivity index (χ1n) is 9.29. The summed E-state index contributed by atoms with van der Waals surface area (Å²) in [4.78, 5) is 33.2. The third-order valence-electron chi connectivity index (χ3n) is 5.10. The summed E-state index contributed by atoms with van der Waals surface area (Å²) in [7, 11) is 0. The fourth-order valence-corrected chi connectivity index (χ4v) is 4.96. The molecule has 1 fully saturated rings. The van der Waals surface area contributed by atoms with E-state index in [1.54, 1.807) is 17.5 Å². The average molecular weight is 369 g/mol. The van der Waals surface area contributed by atoms with E-state index in [0.29, 0.717) is 19.5 Å². The molecule has 1 aliphatic heterocycles. The lowest BCUT2D eigenvalue weighted by Crippen LogP contribution is -2.41. The van der Waals surface area contributed by atoms with Crippen molar-refractivity contribution in [2.45, 2.75) is 51.1 Å². The Bertz CT molecular complexity index is 779. The molecule has 2 aromatic rings. The first kappa shape index (κ1) is 17.2. The molecule has 1 aliphatic carbocycles. The summed E-state index contributed by atoms with van der Waals surface area (Å²) in [5.74, 6) is 0.128. The van der Waals surface area contributed by atoms with Gasteiger partial charge in [0.1, 0.15) is 0 Å². The second-order valence-corrected chi connectivity index (χ2v) is 8.21. The molecule has 0 radical (unpaired) electrons. The van der Waals surface area contributed by atoms with E-state index in [4.69, 9.17) is 0 Å². The second kappa shape index (κ2) is 7.58. The van der Waals surface area contributed by atoms with Crippen LogP contribution >= 0.6 is 11.3 Å². The van der Waals surface area contributed by atoms with Crippen LogP contribution in [0.15, 0.2) is 30.5 Å². The van der Waals surface area contributed by atoms with Crippen molar-refractivity contribution in [3.63, 3.8) is 0 Å². The Balaban J connectivity index is 1.55. The van der Waals surface area contributed by atoms with Gasteiger partial charge in [-0.15, -0.1) is 11.3 Å². The molecule has 4 rings (SSSR count). The summed E-state index contributed by atoms with van der Waals surface area (Å²) in [6, 6.07) is 7.86. The summed E-state index contributed by atoms with van der Waals surface area (Å²) < 4.78 is 0. The summed E-state index contributed by atoms with van der Waals surface area (Å²) >= 11 is 1.64. The Kier molecular flexibility index (Phi) is 5.02. The molecule has 136 valence electrons. The lowest BCUT2D eigenvalue weighted by atomic mass is 9.99. The fraction of sp³-hybridized carbons (Fsp3) is 0.450. The van der Waals surface area contributed by atoms with Crippen LogP contribution in [0.5, 0.6) is 0 Å². The van der Waals surface area contributed by atoms with Gasteiger partial charge in [0.05, 0.1) is 17.1 Å². The van der Waals surface area contributed by atoms with Crippen molar-refractivity contribution in [2.75, 3.05) is 6.54 Å². The second-order valence-electron chi connectivity index (χ2n) is 7.08. The first-order chi connectivity index (χ1) is 12.7. The molecule has 2 amide bonds. The van der Waals surface area contributed by atoms with Crippen molar-refractivity contribution in [2.24, 2.45) is 0 Å². The molecule has 5 nitrogen and oxygen atoms in total. The Morgan fingerprint density at radius 1 is 1.27 bits per heavy atom. The summed E-state index contributed by atoms with van der Waals surface area (Å²) in [5, 5.41) is 2.98. The number of carbonyl (C=O) groups excluding carboxylic acids is 2. The number of rotatable bonds is 5. The van der Waals surface area contributed by atoms with Crippen LogP contribution in [-0.4, -0.2) is 34.3 Å². The van der Waals surface area contributed by atoms with Gasteiger partial charge in [0, 0.05) is 30.1 Å². The number of thiophene rings is 1. The van der Waals surface area contributed by atoms with E-state index < -0.39 is 0 Å².